The third kappa shape index (κ3) is 3.47. The maximum atomic E-state index is 13.4. The molecule has 3 saturated heterocycles. The minimum Gasteiger partial charge on any atom is -0.404 e. The summed E-state index contributed by atoms with van der Waals surface area (Å²) in [4.78, 5) is 52.0. The molecule has 4 aliphatic rings. The second-order valence-corrected chi connectivity index (χ2v) is 11.3. The minimum atomic E-state index is -4.73. The lowest BCUT2D eigenvalue weighted by atomic mass is 9.71. The zero-order valence-corrected chi connectivity index (χ0v) is 19.8. The number of anilines is 1. The standard InChI is InChI=1S/C22H19N2O9PS/c1-35(30)13-8-2-10(3-9-13)17-16-18-14-15(19(31-18)20(16)32-23-17)22(26)24(21(14)25)11-4-6-12(7-5-11)33-34(27,28)29/h2-9,14-16,18-20H,1H3,(H2,27,28,29). The van der Waals surface area contributed by atoms with Crippen LogP contribution in [0.15, 0.2) is 58.6 Å². The predicted octanol–water partition coefficient (Wildman–Crippen LogP) is 1.20. The number of rotatable bonds is 5. The molecule has 0 saturated carbocycles. The average Bonchev–Trinajstić information content (AvgIpc) is 3.54. The molecular formula is C22H19N2O9PS. The van der Waals surface area contributed by atoms with E-state index < -0.39 is 60.6 Å². The maximum absolute atomic E-state index is 13.4. The number of fused-ring (bicyclic) bond motifs is 8. The first-order valence-electron chi connectivity index (χ1n) is 10.7. The molecule has 4 heterocycles. The zero-order chi connectivity index (χ0) is 24.6. The molecular weight excluding hydrogens is 499 g/mol. The molecule has 6 rings (SSSR count). The minimum absolute atomic E-state index is 0.0912. The molecule has 2 amide bonds. The van der Waals surface area contributed by atoms with E-state index in [0.717, 1.165) is 10.5 Å². The first kappa shape index (κ1) is 22.6. The Morgan fingerprint density at radius 1 is 0.943 bits per heavy atom. The summed E-state index contributed by atoms with van der Waals surface area (Å²) in [6.45, 7) is 0. The van der Waals surface area contributed by atoms with Crippen molar-refractivity contribution in [2.75, 3.05) is 11.2 Å². The Balaban J connectivity index is 1.26. The normalized spacial score (nSPS) is 31.7. The van der Waals surface area contributed by atoms with E-state index in [4.69, 9.17) is 19.4 Å². The number of oxime groups is 1. The first-order valence-corrected chi connectivity index (χ1v) is 13.8. The highest BCUT2D eigenvalue weighted by molar-refractivity contribution is 7.84. The SMILES string of the molecule is CS(=O)c1ccc(C2=NOC3C4OC(C23)C2C(=O)N(c3ccc(OP(=O)(O)O)cc3)C(=O)C42)cc1. The van der Waals surface area contributed by atoms with Crippen molar-refractivity contribution in [1.82, 2.24) is 0 Å². The van der Waals surface area contributed by atoms with Crippen molar-refractivity contribution in [1.29, 1.82) is 0 Å². The van der Waals surface area contributed by atoms with E-state index in [0.29, 0.717) is 10.6 Å². The largest absolute Gasteiger partial charge is 0.524 e. The Morgan fingerprint density at radius 3 is 2.17 bits per heavy atom. The van der Waals surface area contributed by atoms with Gasteiger partial charge in [0.15, 0.2) is 6.10 Å². The lowest BCUT2D eigenvalue weighted by molar-refractivity contribution is -0.125. The molecule has 0 radical (unpaired) electrons. The Bertz CT molecular complexity index is 1340. The molecule has 4 aliphatic heterocycles. The van der Waals surface area contributed by atoms with Crippen LogP contribution in [-0.4, -0.2) is 56.1 Å². The molecule has 3 fully saturated rings. The van der Waals surface area contributed by atoms with Crippen LogP contribution < -0.4 is 9.42 Å². The summed E-state index contributed by atoms with van der Waals surface area (Å²) in [6, 6.07) is 12.5. The lowest BCUT2D eigenvalue weighted by Gasteiger charge is -2.26. The van der Waals surface area contributed by atoms with E-state index in [1.165, 1.54) is 24.3 Å². The summed E-state index contributed by atoms with van der Waals surface area (Å²) in [5.74, 6) is -2.64. The summed E-state index contributed by atoms with van der Waals surface area (Å²) in [5.41, 5.74) is 1.68. The van der Waals surface area contributed by atoms with Crippen molar-refractivity contribution in [3.05, 3.63) is 54.1 Å². The highest BCUT2D eigenvalue weighted by atomic mass is 32.2. The van der Waals surface area contributed by atoms with Crippen LogP contribution in [-0.2, 0) is 34.5 Å². The van der Waals surface area contributed by atoms with Crippen molar-refractivity contribution in [3.63, 3.8) is 0 Å². The Labute approximate surface area is 201 Å². The third-order valence-corrected chi connectivity index (χ3v) is 8.23. The summed E-state index contributed by atoms with van der Waals surface area (Å²) >= 11 is 0. The fourth-order valence-electron chi connectivity index (χ4n) is 5.46. The molecule has 7 atom stereocenters. The number of imide groups is 1. The molecule has 2 aromatic rings. The molecule has 182 valence electrons. The van der Waals surface area contributed by atoms with Crippen molar-refractivity contribution < 1.29 is 42.2 Å². The highest BCUT2D eigenvalue weighted by Gasteiger charge is 2.72. The van der Waals surface area contributed by atoms with Gasteiger partial charge in [-0.25, -0.2) is 9.46 Å². The second-order valence-electron chi connectivity index (χ2n) is 8.76. The van der Waals surface area contributed by atoms with Gasteiger partial charge in [-0.2, -0.15) is 0 Å². The number of hydrogen-bond acceptors (Lipinski definition) is 8. The quantitative estimate of drug-likeness (QED) is 0.439. The Hall–Kier alpha value is -2.89. The zero-order valence-electron chi connectivity index (χ0n) is 18.1. The number of hydrogen-bond donors (Lipinski definition) is 2. The maximum Gasteiger partial charge on any atom is 0.524 e. The van der Waals surface area contributed by atoms with Gasteiger partial charge in [0, 0.05) is 22.0 Å². The molecule has 11 nitrogen and oxygen atoms in total. The number of benzene rings is 2. The van der Waals surface area contributed by atoms with Gasteiger partial charge in [0.25, 0.3) is 0 Å². The van der Waals surface area contributed by atoms with Crippen LogP contribution in [0.4, 0.5) is 5.69 Å². The molecule has 0 aromatic heterocycles. The number of amides is 2. The van der Waals surface area contributed by atoms with Crippen LogP contribution in [0, 0.1) is 17.8 Å². The fraction of sp³-hybridized carbons (Fsp3) is 0.318. The summed E-state index contributed by atoms with van der Waals surface area (Å²) < 4.78 is 33.4. The van der Waals surface area contributed by atoms with Gasteiger partial charge < -0.3 is 14.1 Å². The van der Waals surface area contributed by atoms with Crippen LogP contribution in [0.2, 0.25) is 0 Å². The number of phosphoric acid groups is 1. The molecule has 13 heteroatoms. The number of ether oxygens (including phenoxy) is 1. The molecule has 2 aromatic carbocycles. The summed E-state index contributed by atoms with van der Waals surface area (Å²) in [7, 11) is -5.85. The van der Waals surface area contributed by atoms with E-state index in [1.54, 1.807) is 30.5 Å². The summed E-state index contributed by atoms with van der Waals surface area (Å²) in [6.07, 6.45) is -0.114. The van der Waals surface area contributed by atoms with Crippen molar-refractivity contribution >= 4 is 41.8 Å². The van der Waals surface area contributed by atoms with E-state index in [1.807, 2.05) is 0 Å². The summed E-state index contributed by atoms with van der Waals surface area (Å²) in [5, 5.41) is 4.25. The predicted molar refractivity (Wildman–Crippen MR) is 121 cm³/mol. The Morgan fingerprint density at radius 2 is 1.57 bits per heavy atom. The van der Waals surface area contributed by atoms with Gasteiger partial charge in [-0.1, -0.05) is 17.3 Å². The van der Waals surface area contributed by atoms with Crippen molar-refractivity contribution in [3.8, 4) is 5.75 Å². The first-order chi connectivity index (χ1) is 16.6. The van der Waals surface area contributed by atoms with E-state index in [-0.39, 0.29) is 17.4 Å². The number of carbonyl (C=O) groups excluding carboxylic acids is 2. The molecule has 2 bridgehead atoms. The second kappa shape index (κ2) is 7.81. The average molecular weight is 518 g/mol. The monoisotopic (exact) mass is 518 g/mol. The van der Waals surface area contributed by atoms with Gasteiger partial charge in [0.2, 0.25) is 11.8 Å². The third-order valence-electron chi connectivity index (χ3n) is 6.84. The van der Waals surface area contributed by atoms with Gasteiger partial charge in [0.05, 0.1) is 35.3 Å². The number of nitrogens with zero attached hydrogens (tertiary/aromatic N) is 2. The van der Waals surface area contributed by atoms with Gasteiger partial charge in [-0.3, -0.25) is 23.6 Å². The molecule has 35 heavy (non-hydrogen) atoms. The molecule has 7 unspecified atom stereocenters. The highest BCUT2D eigenvalue weighted by Crippen LogP contribution is 2.55. The van der Waals surface area contributed by atoms with Crippen molar-refractivity contribution in [2.45, 2.75) is 23.2 Å². The number of phosphoric ester groups is 1. The van der Waals surface area contributed by atoms with E-state index in [9.17, 15) is 18.4 Å². The van der Waals surface area contributed by atoms with E-state index >= 15 is 0 Å². The van der Waals surface area contributed by atoms with Gasteiger partial charge >= 0.3 is 7.82 Å². The van der Waals surface area contributed by atoms with Crippen LogP contribution in [0.25, 0.3) is 0 Å². The van der Waals surface area contributed by atoms with Crippen LogP contribution >= 0.6 is 7.82 Å². The molecule has 0 aliphatic carbocycles. The fourth-order valence-corrected chi connectivity index (χ4v) is 6.38. The van der Waals surface area contributed by atoms with Crippen LogP contribution in [0.3, 0.4) is 0 Å². The van der Waals surface area contributed by atoms with Gasteiger partial charge in [-0.05, 0) is 42.0 Å². The molecule has 2 N–H and O–H groups in total. The number of carbonyl (C=O) groups is 2. The van der Waals surface area contributed by atoms with Gasteiger partial charge in [0.1, 0.15) is 11.9 Å². The lowest BCUT2D eigenvalue weighted by Crippen LogP contribution is -2.45. The van der Waals surface area contributed by atoms with Crippen molar-refractivity contribution in [2.24, 2.45) is 22.9 Å². The molecule has 0 spiro atoms. The van der Waals surface area contributed by atoms with Gasteiger partial charge in [-0.15, -0.1) is 0 Å². The van der Waals surface area contributed by atoms with Crippen LogP contribution in [0.1, 0.15) is 5.56 Å². The van der Waals surface area contributed by atoms with Crippen LogP contribution in [0.5, 0.6) is 5.75 Å². The Kier molecular flexibility index (Phi) is 5.03. The van der Waals surface area contributed by atoms with E-state index in [2.05, 4.69) is 9.68 Å². The topological polar surface area (TPSA) is 152 Å². The smallest absolute Gasteiger partial charge is 0.404 e.